The molecule has 188 valence electrons. The summed E-state index contributed by atoms with van der Waals surface area (Å²) in [6, 6.07) is 1.22. The third-order valence-electron chi connectivity index (χ3n) is 7.12. The van der Waals surface area contributed by atoms with Crippen molar-refractivity contribution in [2.75, 3.05) is 25.0 Å². The first-order valence-electron chi connectivity index (χ1n) is 12.3. The third kappa shape index (κ3) is 6.24. The first kappa shape index (κ1) is 25.9. The van der Waals surface area contributed by atoms with E-state index in [-0.39, 0.29) is 35.4 Å². The first-order chi connectivity index (χ1) is 16.2. The van der Waals surface area contributed by atoms with Crippen LogP contribution >= 0.6 is 0 Å². The van der Waals surface area contributed by atoms with Crippen LogP contribution in [0.5, 0.6) is 0 Å². The number of hydrogen-bond acceptors (Lipinski definition) is 3. The van der Waals surface area contributed by atoms with Crippen molar-refractivity contribution in [3.8, 4) is 0 Å². The van der Waals surface area contributed by atoms with Gasteiger partial charge >= 0.3 is 6.03 Å². The van der Waals surface area contributed by atoms with Gasteiger partial charge in [0.05, 0.1) is 5.69 Å². The van der Waals surface area contributed by atoms with Crippen molar-refractivity contribution >= 4 is 23.5 Å². The molecule has 0 aromatic heterocycles. The van der Waals surface area contributed by atoms with Gasteiger partial charge in [0.2, 0.25) is 11.8 Å². The second kappa shape index (κ2) is 11.6. The van der Waals surface area contributed by atoms with Crippen molar-refractivity contribution in [3.63, 3.8) is 0 Å². The van der Waals surface area contributed by atoms with Gasteiger partial charge in [0.1, 0.15) is 17.7 Å². The highest BCUT2D eigenvalue weighted by atomic mass is 19.1. The van der Waals surface area contributed by atoms with E-state index in [4.69, 9.17) is 0 Å². The van der Waals surface area contributed by atoms with Crippen LogP contribution in [0.1, 0.15) is 59.3 Å². The zero-order valence-electron chi connectivity index (χ0n) is 20.3. The number of halogens is 2. The summed E-state index contributed by atoms with van der Waals surface area (Å²) in [5, 5.41) is 5.03. The molecule has 1 saturated heterocycles. The Morgan fingerprint density at radius 2 is 1.82 bits per heavy atom. The third-order valence-corrected chi connectivity index (χ3v) is 7.12. The highest BCUT2D eigenvalue weighted by Gasteiger charge is 2.37. The second-order valence-electron chi connectivity index (χ2n) is 9.59. The largest absolute Gasteiger partial charge is 0.337 e. The lowest BCUT2D eigenvalue weighted by atomic mass is 9.87. The molecule has 3 unspecified atom stereocenters. The van der Waals surface area contributed by atoms with Gasteiger partial charge in [-0.05, 0) is 37.8 Å². The summed E-state index contributed by atoms with van der Waals surface area (Å²) >= 11 is 0. The molecule has 2 N–H and O–H groups in total. The molecule has 2 aliphatic rings. The van der Waals surface area contributed by atoms with Crippen LogP contribution in [-0.4, -0.2) is 59.4 Å². The molecule has 1 heterocycles. The van der Waals surface area contributed by atoms with Gasteiger partial charge in [-0.1, -0.05) is 39.5 Å². The molecule has 34 heavy (non-hydrogen) atoms. The summed E-state index contributed by atoms with van der Waals surface area (Å²) in [7, 11) is 0. The maximum Gasteiger partial charge on any atom is 0.319 e. The SMILES string of the molecule is CCC(C)C(NC(=O)Nc1ccc(F)cc1F)C(=O)N1CCN(C(=O)C2CCCCC2)C(C)C1. The van der Waals surface area contributed by atoms with Crippen LogP contribution in [-0.2, 0) is 9.59 Å². The molecule has 7 nitrogen and oxygen atoms in total. The Hall–Kier alpha value is -2.71. The highest BCUT2D eigenvalue weighted by Crippen LogP contribution is 2.27. The molecule has 0 spiro atoms. The van der Waals surface area contributed by atoms with E-state index in [0.717, 1.165) is 37.8 Å². The van der Waals surface area contributed by atoms with Crippen LogP contribution in [0.15, 0.2) is 18.2 Å². The molecule has 1 aliphatic carbocycles. The van der Waals surface area contributed by atoms with Crippen LogP contribution in [0.3, 0.4) is 0 Å². The Balaban J connectivity index is 1.62. The van der Waals surface area contributed by atoms with Gasteiger partial charge in [-0.25, -0.2) is 13.6 Å². The fourth-order valence-corrected chi connectivity index (χ4v) is 4.84. The Kier molecular flexibility index (Phi) is 8.85. The van der Waals surface area contributed by atoms with Gasteiger partial charge in [0, 0.05) is 37.7 Å². The summed E-state index contributed by atoms with van der Waals surface area (Å²) in [4.78, 5) is 42.5. The molecule has 1 aromatic carbocycles. The topological polar surface area (TPSA) is 81.8 Å². The molecule has 1 aliphatic heterocycles. The second-order valence-corrected chi connectivity index (χ2v) is 9.59. The normalized spacial score (nSPS) is 21.0. The van der Waals surface area contributed by atoms with Crippen LogP contribution in [0.4, 0.5) is 19.3 Å². The molecule has 1 saturated carbocycles. The quantitative estimate of drug-likeness (QED) is 0.645. The lowest BCUT2D eigenvalue weighted by molar-refractivity contribution is -0.147. The number of nitrogens with one attached hydrogen (secondary N) is 2. The minimum absolute atomic E-state index is 0.0866. The van der Waals surface area contributed by atoms with Gasteiger partial charge in [0.25, 0.3) is 0 Å². The number of hydrogen-bond donors (Lipinski definition) is 2. The maximum atomic E-state index is 13.9. The van der Waals surface area contributed by atoms with Gasteiger partial charge in [0.15, 0.2) is 0 Å². The van der Waals surface area contributed by atoms with E-state index >= 15 is 0 Å². The van der Waals surface area contributed by atoms with E-state index in [2.05, 4.69) is 10.6 Å². The van der Waals surface area contributed by atoms with Crippen molar-refractivity contribution < 1.29 is 23.2 Å². The highest BCUT2D eigenvalue weighted by molar-refractivity contribution is 5.94. The fraction of sp³-hybridized carbons (Fsp3) is 0.640. The van der Waals surface area contributed by atoms with Gasteiger partial charge < -0.3 is 20.4 Å². The number of nitrogens with zero attached hydrogens (tertiary/aromatic N) is 2. The van der Waals surface area contributed by atoms with E-state index < -0.39 is 23.7 Å². The molecule has 0 radical (unpaired) electrons. The van der Waals surface area contributed by atoms with Gasteiger partial charge in [-0.15, -0.1) is 0 Å². The van der Waals surface area contributed by atoms with E-state index in [1.54, 1.807) is 4.90 Å². The van der Waals surface area contributed by atoms with Crippen molar-refractivity contribution in [2.45, 2.75) is 71.4 Å². The number of benzene rings is 1. The van der Waals surface area contributed by atoms with E-state index in [1.807, 2.05) is 25.7 Å². The van der Waals surface area contributed by atoms with Crippen LogP contribution in [0.25, 0.3) is 0 Å². The van der Waals surface area contributed by atoms with E-state index in [0.29, 0.717) is 32.1 Å². The van der Waals surface area contributed by atoms with Crippen molar-refractivity contribution in [1.29, 1.82) is 0 Å². The standard InChI is InChI=1S/C25H36F2N4O3/c1-4-16(2)22(29-25(34)28-21-11-10-19(26)14-20(21)27)24(33)30-12-13-31(17(3)15-30)23(32)18-8-6-5-7-9-18/h10-11,14,16-18,22H,4-9,12-13,15H2,1-3H3,(H2,28,29,34). The van der Waals surface area contributed by atoms with E-state index in [1.165, 1.54) is 6.42 Å². The van der Waals surface area contributed by atoms with Crippen molar-refractivity contribution in [3.05, 3.63) is 29.8 Å². The Morgan fingerprint density at radius 3 is 2.44 bits per heavy atom. The summed E-state index contributed by atoms with van der Waals surface area (Å²) < 4.78 is 27.0. The van der Waals surface area contributed by atoms with Crippen LogP contribution in [0, 0.1) is 23.5 Å². The molecule has 4 amide bonds. The zero-order valence-corrected chi connectivity index (χ0v) is 20.3. The van der Waals surface area contributed by atoms with Crippen molar-refractivity contribution in [2.24, 2.45) is 11.8 Å². The fourth-order valence-electron chi connectivity index (χ4n) is 4.84. The summed E-state index contributed by atoms with van der Waals surface area (Å²) in [5.41, 5.74) is -0.169. The van der Waals surface area contributed by atoms with E-state index in [9.17, 15) is 23.2 Å². The summed E-state index contributed by atoms with van der Waals surface area (Å²) in [6.07, 6.45) is 5.90. The lowest BCUT2D eigenvalue weighted by Crippen LogP contribution is -2.61. The molecule has 0 bridgehead atoms. The monoisotopic (exact) mass is 478 g/mol. The molecular formula is C25H36F2N4O3. The minimum Gasteiger partial charge on any atom is -0.337 e. The molecule has 3 rings (SSSR count). The van der Waals surface area contributed by atoms with Gasteiger partial charge in [-0.2, -0.15) is 0 Å². The Labute approximate surface area is 200 Å². The maximum absolute atomic E-state index is 13.9. The Morgan fingerprint density at radius 1 is 1.12 bits per heavy atom. The van der Waals surface area contributed by atoms with Crippen molar-refractivity contribution in [1.82, 2.24) is 15.1 Å². The number of carbonyl (C=O) groups is 3. The number of urea groups is 1. The number of amides is 4. The first-order valence-corrected chi connectivity index (χ1v) is 12.3. The average molecular weight is 479 g/mol. The number of carbonyl (C=O) groups excluding carboxylic acids is 3. The summed E-state index contributed by atoms with van der Waals surface area (Å²) in [5.74, 6) is -1.74. The lowest BCUT2D eigenvalue weighted by Gasteiger charge is -2.43. The van der Waals surface area contributed by atoms with Crippen LogP contribution in [0.2, 0.25) is 0 Å². The number of rotatable bonds is 6. The predicted molar refractivity (Wildman–Crippen MR) is 126 cm³/mol. The molecule has 3 atom stereocenters. The molecule has 2 fully saturated rings. The molecule has 1 aromatic rings. The zero-order chi connectivity index (χ0) is 24.8. The summed E-state index contributed by atoms with van der Waals surface area (Å²) in [6.45, 7) is 7.03. The van der Waals surface area contributed by atoms with Gasteiger partial charge in [-0.3, -0.25) is 9.59 Å². The molecule has 9 heteroatoms. The number of anilines is 1. The van der Waals surface area contributed by atoms with Crippen LogP contribution < -0.4 is 10.6 Å². The minimum atomic E-state index is -0.894. The average Bonchev–Trinajstić information content (AvgIpc) is 2.83. The smallest absolute Gasteiger partial charge is 0.319 e. The predicted octanol–water partition coefficient (Wildman–Crippen LogP) is 4.14. The Bertz CT molecular complexity index is 891. The number of piperazine rings is 1. The molecular weight excluding hydrogens is 442 g/mol.